The van der Waals surface area contributed by atoms with Gasteiger partial charge in [-0.2, -0.15) is 0 Å². The molecule has 0 aromatic heterocycles. The summed E-state index contributed by atoms with van der Waals surface area (Å²) in [6.45, 7) is -0.900. The van der Waals surface area contributed by atoms with Crippen molar-refractivity contribution in [2.75, 3.05) is 6.67 Å². The lowest BCUT2D eigenvalue weighted by Gasteiger charge is -1.97. The van der Waals surface area contributed by atoms with Crippen molar-refractivity contribution in [2.45, 2.75) is 6.42 Å². The van der Waals surface area contributed by atoms with Gasteiger partial charge in [-0.1, -0.05) is 23.7 Å². The maximum Gasteiger partial charge on any atom is 0.168 e. The first-order valence-electron chi connectivity index (χ1n) is 3.54. The molecule has 0 amide bonds. The molecule has 12 heavy (non-hydrogen) atoms. The number of Topliss-reactive ketones (excluding diaryl/α,β-unsaturated/α-hetero) is 1. The SMILES string of the molecule is O=C(CF)Cc1ccc(Cl)cc1. The number of hydrogen-bond acceptors (Lipinski definition) is 1. The Morgan fingerprint density at radius 2 is 1.92 bits per heavy atom. The summed E-state index contributed by atoms with van der Waals surface area (Å²) in [5, 5.41) is 0.617. The van der Waals surface area contributed by atoms with Crippen molar-refractivity contribution < 1.29 is 9.18 Å². The van der Waals surface area contributed by atoms with Gasteiger partial charge in [0.05, 0.1) is 0 Å². The van der Waals surface area contributed by atoms with Crippen LogP contribution in [0, 0.1) is 0 Å². The summed E-state index contributed by atoms with van der Waals surface area (Å²) in [6.07, 6.45) is 0.146. The number of carbonyl (C=O) groups is 1. The molecule has 0 aliphatic heterocycles. The van der Waals surface area contributed by atoms with E-state index in [1.807, 2.05) is 0 Å². The van der Waals surface area contributed by atoms with E-state index in [4.69, 9.17) is 11.6 Å². The summed E-state index contributed by atoms with van der Waals surface area (Å²) >= 11 is 5.62. The van der Waals surface area contributed by atoms with Gasteiger partial charge >= 0.3 is 0 Å². The van der Waals surface area contributed by atoms with Crippen LogP contribution >= 0.6 is 11.6 Å². The monoisotopic (exact) mass is 186 g/mol. The van der Waals surface area contributed by atoms with E-state index in [0.717, 1.165) is 5.56 Å². The third kappa shape index (κ3) is 2.62. The second kappa shape index (κ2) is 4.21. The van der Waals surface area contributed by atoms with Gasteiger partial charge in [0, 0.05) is 11.4 Å². The Morgan fingerprint density at radius 3 is 2.42 bits per heavy atom. The van der Waals surface area contributed by atoms with Crippen molar-refractivity contribution >= 4 is 17.4 Å². The highest BCUT2D eigenvalue weighted by atomic mass is 35.5. The average Bonchev–Trinajstić information content (AvgIpc) is 2.09. The molecule has 1 aromatic carbocycles. The topological polar surface area (TPSA) is 17.1 Å². The predicted molar refractivity (Wildman–Crippen MR) is 46.1 cm³/mol. The van der Waals surface area contributed by atoms with E-state index in [1.165, 1.54) is 0 Å². The highest BCUT2D eigenvalue weighted by Gasteiger charge is 2.01. The summed E-state index contributed by atoms with van der Waals surface area (Å²) < 4.78 is 11.8. The quantitative estimate of drug-likeness (QED) is 0.709. The maximum atomic E-state index is 11.8. The summed E-state index contributed by atoms with van der Waals surface area (Å²) in [6, 6.07) is 6.80. The van der Waals surface area contributed by atoms with Gasteiger partial charge in [-0.05, 0) is 17.7 Å². The lowest BCUT2D eigenvalue weighted by molar-refractivity contribution is -0.119. The van der Waals surface area contributed by atoms with E-state index in [0.29, 0.717) is 5.02 Å². The van der Waals surface area contributed by atoms with Gasteiger partial charge in [0.15, 0.2) is 5.78 Å². The first kappa shape index (κ1) is 9.20. The van der Waals surface area contributed by atoms with Gasteiger partial charge in [-0.25, -0.2) is 4.39 Å². The van der Waals surface area contributed by atoms with E-state index < -0.39 is 12.5 Å². The van der Waals surface area contributed by atoms with Gasteiger partial charge in [-0.15, -0.1) is 0 Å². The van der Waals surface area contributed by atoms with Crippen molar-refractivity contribution in [1.82, 2.24) is 0 Å². The van der Waals surface area contributed by atoms with Crippen LogP contribution in [0.5, 0.6) is 0 Å². The molecule has 0 unspecified atom stereocenters. The van der Waals surface area contributed by atoms with Gasteiger partial charge in [0.25, 0.3) is 0 Å². The van der Waals surface area contributed by atoms with Crippen molar-refractivity contribution in [3.63, 3.8) is 0 Å². The average molecular weight is 187 g/mol. The molecule has 0 saturated heterocycles. The second-order valence-corrected chi connectivity index (χ2v) is 2.91. The highest BCUT2D eigenvalue weighted by molar-refractivity contribution is 6.30. The van der Waals surface area contributed by atoms with Crippen LogP contribution in [-0.4, -0.2) is 12.5 Å². The Hall–Kier alpha value is -0.890. The zero-order chi connectivity index (χ0) is 8.97. The molecule has 0 atom stereocenters. The number of hydrogen-bond donors (Lipinski definition) is 0. The number of benzene rings is 1. The van der Waals surface area contributed by atoms with E-state index >= 15 is 0 Å². The smallest absolute Gasteiger partial charge is 0.168 e. The molecule has 0 aliphatic carbocycles. The number of carbonyl (C=O) groups excluding carboxylic acids is 1. The number of rotatable bonds is 3. The van der Waals surface area contributed by atoms with E-state index in [-0.39, 0.29) is 6.42 Å². The molecule has 0 spiro atoms. The normalized spacial score (nSPS) is 9.83. The van der Waals surface area contributed by atoms with Crippen LogP contribution in [0.25, 0.3) is 0 Å². The van der Waals surface area contributed by atoms with Crippen LogP contribution < -0.4 is 0 Å². The zero-order valence-electron chi connectivity index (χ0n) is 6.39. The molecule has 0 heterocycles. The number of alkyl halides is 1. The van der Waals surface area contributed by atoms with Crippen LogP contribution in [0.3, 0.4) is 0 Å². The van der Waals surface area contributed by atoms with Crippen LogP contribution in [-0.2, 0) is 11.2 Å². The van der Waals surface area contributed by atoms with E-state index in [2.05, 4.69) is 0 Å². The van der Waals surface area contributed by atoms with Gasteiger partial charge in [0.2, 0.25) is 0 Å². The zero-order valence-corrected chi connectivity index (χ0v) is 7.14. The first-order chi connectivity index (χ1) is 5.72. The number of ketones is 1. The molecule has 0 N–H and O–H groups in total. The van der Waals surface area contributed by atoms with Crippen molar-refractivity contribution in [1.29, 1.82) is 0 Å². The molecule has 1 nitrogen and oxygen atoms in total. The van der Waals surface area contributed by atoms with Crippen LogP contribution in [0.1, 0.15) is 5.56 Å². The molecule has 0 radical (unpaired) electrons. The standard InChI is InChI=1S/C9H8ClFO/c10-8-3-1-7(2-4-8)5-9(12)6-11/h1-4H,5-6H2. The van der Waals surface area contributed by atoms with Crippen molar-refractivity contribution in [3.05, 3.63) is 34.9 Å². The second-order valence-electron chi connectivity index (χ2n) is 2.48. The minimum absolute atomic E-state index is 0.146. The van der Waals surface area contributed by atoms with Crippen LogP contribution in [0.4, 0.5) is 4.39 Å². The number of halogens is 2. The minimum atomic E-state index is -0.900. The van der Waals surface area contributed by atoms with Gasteiger partial charge in [-0.3, -0.25) is 4.79 Å². The lowest BCUT2D eigenvalue weighted by Crippen LogP contribution is -2.03. The largest absolute Gasteiger partial charge is 0.296 e. The predicted octanol–water partition coefficient (Wildman–Crippen LogP) is 2.42. The Labute approximate surface area is 75.2 Å². The molecule has 0 bridgehead atoms. The molecule has 1 rings (SSSR count). The minimum Gasteiger partial charge on any atom is -0.296 e. The Kier molecular flexibility index (Phi) is 3.23. The molecule has 0 fully saturated rings. The lowest BCUT2D eigenvalue weighted by atomic mass is 10.1. The summed E-state index contributed by atoms with van der Waals surface area (Å²) in [4.78, 5) is 10.7. The Morgan fingerprint density at radius 1 is 1.33 bits per heavy atom. The maximum absolute atomic E-state index is 11.8. The molecule has 0 saturated carbocycles. The third-order valence-electron chi connectivity index (χ3n) is 1.46. The van der Waals surface area contributed by atoms with E-state index in [9.17, 15) is 9.18 Å². The fourth-order valence-corrected chi connectivity index (χ4v) is 1.00. The molecule has 1 aromatic rings. The van der Waals surface area contributed by atoms with Gasteiger partial charge < -0.3 is 0 Å². The molecular weight excluding hydrogens is 179 g/mol. The van der Waals surface area contributed by atoms with Crippen molar-refractivity contribution in [3.8, 4) is 0 Å². The fraction of sp³-hybridized carbons (Fsp3) is 0.222. The summed E-state index contributed by atoms with van der Waals surface area (Å²) in [5.74, 6) is -0.405. The van der Waals surface area contributed by atoms with Crippen LogP contribution in [0.2, 0.25) is 5.02 Å². The van der Waals surface area contributed by atoms with Gasteiger partial charge in [0.1, 0.15) is 6.67 Å². The molecule has 3 heteroatoms. The Bertz CT molecular complexity index is 268. The summed E-state index contributed by atoms with van der Waals surface area (Å²) in [7, 11) is 0. The van der Waals surface area contributed by atoms with Crippen LogP contribution in [0.15, 0.2) is 24.3 Å². The third-order valence-corrected chi connectivity index (χ3v) is 1.72. The first-order valence-corrected chi connectivity index (χ1v) is 3.92. The highest BCUT2D eigenvalue weighted by Crippen LogP contribution is 2.09. The molecule has 0 aliphatic rings. The molecule has 64 valence electrons. The molecular formula is C9H8ClFO. The Balaban J connectivity index is 2.64. The van der Waals surface area contributed by atoms with E-state index in [1.54, 1.807) is 24.3 Å². The fourth-order valence-electron chi connectivity index (χ4n) is 0.877. The van der Waals surface area contributed by atoms with Crippen molar-refractivity contribution in [2.24, 2.45) is 0 Å². The summed E-state index contributed by atoms with van der Waals surface area (Å²) in [5.41, 5.74) is 0.794.